The van der Waals surface area contributed by atoms with Crippen LogP contribution in [-0.2, 0) is 0 Å². The fourth-order valence-corrected chi connectivity index (χ4v) is 2.74. The van der Waals surface area contributed by atoms with Crippen LogP contribution < -0.4 is 5.73 Å². The largest absolute Gasteiger partial charge is 0.404 e. The van der Waals surface area contributed by atoms with E-state index in [-0.39, 0.29) is 0 Å². The number of aliphatic imine (C=N–C) groups is 1. The fraction of sp³-hybridized carbons (Fsp3) is 0.214. The molecule has 0 bridgehead atoms. The molecule has 2 aromatic rings. The number of hydrogen-bond acceptors (Lipinski definition) is 2. The predicted octanol–water partition coefficient (Wildman–Crippen LogP) is 4.54. The lowest BCUT2D eigenvalue weighted by Crippen LogP contribution is -1.92. The zero-order chi connectivity index (χ0) is 13.4. The van der Waals surface area contributed by atoms with Gasteiger partial charge in [-0.15, -0.1) is 0 Å². The predicted molar refractivity (Wildman–Crippen MR) is 84.2 cm³/mol. The minimum Gasteiger partial charge on any atom is -0.404 e. The van der Waals surface area contributed by atoms with Crippen molar-refractivity contribution in [2.75, 3.05) is 0 Å². The van der Waals surface area contributed by atoms with E-state index < -0.39 is 0 Å². The van der Waals surface area contributed by atoms with Crippen LogP contribution >= 0.6 is 27.5 Å². The van der Waals surface area contributed by atoms with Gasteiger partial charge in [0.2, 0.25) is 0 Å². The van der Waals surface area contributed by atoms with E-state index in [9.17, 15) is 0 Å². The first-order chi connectivity index (χ1) is 9.20. The highest BCUT2D eigenvalue weighted by atomic mass is 79.9. The van der Waals surface area contributed by atoms with Crippen molar-refractivity contribution in [2.24, 2.45) is 16.6 Å². The lowest BCUT2D eigenvalue weighted by Gasteiger charge is -2.02. The Morgan fingerprint density at radius 2 is 2.26 bits per heavy atom. The number of fused-ring (bicyclic) bond motifs is 1. The van der Waals surface area contributed by atoms with Crippen LogP contribution in [0.2, 0.25) is 5.02 Å². The molecule has 0 aliphatic heterocycles. The van der Waals surface area contributed by atoms with E-state index in [4.69, 9.17) is 17.3 Å². The lowest BCUT2D eigenvalue weighted by molar-refractivity contribution is 1.07. The van der Waals surface area contributed by atoms with Gasteiger partial charge in [0, 0.05) is 22.3 Å². The number of aromatic nitrogens is 1. The van der Waals surface area contributed by atoms with Gasteiger partial charge in [-0.05, 0) is 52.5 Å². The summed E-state index contributed by atoms with van der Waals surface area (Å²) in [6.07, 6.45) is 7.75. The molecule has 0 radical (unpaired) electrons. The van der Waals surface area contributed by atoms with Gasteiger partial charge in [-0.2, -0.15) is 0 Å². The highest BCUT2D eigenvalue weighted by molar-refractivity contribution is 9.10. The van der Waals surface area contributed by atoms with Crippen molar-refractivity contribution in [3.05, 3.63) is 39.6 Å². The van der Waals surface area contributed by atoms with Gasteiger partial charge in [-0.3, -0.25) is 4.99 Å². The quantitative estimate of drug-likeness (QED) is 0.793. The van der Waals surface area contributed by atoms with Crippen molar-refractivity contribution >= 4 is 50.3 Å². The molecular formula is C14H13BrClN3. The van der Waals surface area contributed by atoms with Crippen LogP contribution in [0.1, 0.15) is 12.8 Å². The maximum Gasteiger partial charge on any atom is 0.106 e. The van der Waals surface area contributed by atoms with Gasteiger partial charge < -0.3 is 10.7 Å². The third-order valence-electron chi connectivity index (χ3n) is 3.31. The molecule has 1 saturated carbocycles. The van der Waals surface area contributed by atoms with Crippen molar-refractivity contribution in [1.29, 1.82) is 0 Å². The SMILES string of the molecule is N/C=C(\C=Nc1c(Cl)ccc2c(Br)c[nH]c12)C1CC1. The molecule has 1 heterocycles. The summed E-state index contributed by atoms with van der Waals surface area (Å²) in [6.45, 7) is 0. The Kier molecular flexibility index (Phi) is 3.37. The molecule has 1 fully saturated rings. The van der Waals surface area contributed by atoms with Crippen LogP contribution in [0, 0.1) is 5.92 Å². The summed E-state index contributed by atoms with van der Waals surface area (Å²) in [5, 5.41) is 1.70. The summed E-state index contributed by atoms with van der Waals surface area (Å²) in [5.74, 6) is 0.571. The Morgan fingerprint density at radius 3 is 2.95 bits per heavy atom. The monoisotopic (exact) mass is 337 g/mol. The summed E-state index contributed by atoms with van der Waals surface area (Å²) in [4.78, 5) is 7.71. The molecule has 1 aromatic carbocycles. The Balaban J connectivity index is 2.04. The molecule has 98 valence electrons. The second-order valence-corrected chi connectivity index (χ2v) is 5.92. The molecule has 0 spiro atoms. The van der Waals surface area contributed by atoms with Gasteiger partial charge in [0.25, 0.3) is 0 Å². The molecule has 1 aliphatic carbocycles. The van der Waals surface area contributed by atoms with E-state index in [1.807, 2.05) is 24.5 Å². The third-order valence-corrected chi connectivity index (χ3v) is 4.27. The topological polar surface area (TPSA) is 54.2 Å². The molecule has 1 aromatic heterocycles. The average molecular weight is 339 g/mol. The molecule has 0 saturated heterocycles. The van der Waals surface area contributed by atoms with Crippen molar-refractivity contribution in [1.82, 2.24) is 4.98 Å². The van der Waals surface area contributed by atoms with E-state index in [2.05, 4.69) is 25.9 Å². The highest BCUT2D eigenvalue weighted by Crippen LogP contribution is 2.38. The number of rotatable bonds is 3. The van der Waals surface area contributed by atoms with Crippen LogP contribution in [0.5, 0.6) is 0 Å². The number of hydrogen-bond donors (Lipinski definition) is 2. The minimum atomic E-state index is 0.571. The van der Waals surface area contributed by atoms with Crippen molar-refractivity contribution in [2.45, 2.75) is 12.8 Å². The third kappa shape index (κ3) is 2.42. The molecule has 3 N–H and O–H groups in total. The summed E-state index contributed by atoms with van der Waals surface area (Å²) in [5.41, 5.74) is 8.40. The zero-order valence-corrected chi connectivity index (χ0v) is 12.5. The van der Waals surface area contributed by atoms with Crippen LogP contribution in [0.25, 0.3) is 10.9 Å². The molecule has 19 heavy (non-hydrogen) atoms. The summed E-state index contributed by atoms with van der Waals surface area (Å²) in [7, 11) is 0. The van der Waals surface area contributed by atoms with E-state index in [1.165, 1.54) is 12.8 Å². The maximum atomic E-state index is 6.23. The molecule has 5 heteroatoms. The number of nitrogens with one attached hydrogen (secondary N) is 1. The van der Waals surface area contributed by atoms with Crippen LogP contribution in [0.15, 0.2) is 39.6 Å². The number of aromatic amines is 1. The van der Waals surface area contributed by atoms with Gasteiger partial charge in [0.15, 0.2) is 0 Å². The number of halogens is 2. The van der Waals surface area contributed by atoms with E-state index in [0.29, 0.717) is 10.9 Å². The van der Waals surface area contributed by atoms with E-state index in [0.717, 1.165) is 26.6 Å². The number of nitrogens with two attached hydrogens (primary N) is 1. The number of H-pyrrole nitrogens is 1. The van der Waals surface area contributed by atoms with Crippen LogP contribution in [0.4, 0.5) is 5.69 Å². The minimum absolute atomic E-state index is 0.571. The summed E-state index contributed by atoms with van der Waals surface area (Å²) >= 11 is 9.73. The highest BCUT2D eigenvalue weighted by Gasteiger charge is 2.24. The van der Waals surface area contributed by atoms with Gasteiger partial charge >= 0.3 is 0 Å². The molecular weight excluding hydrogens is 326 g/mol. The normalized spacial score (nSPS) is 16.6. The van der Waals surface area contributed by atoms with Gasteiger partial charge in [-0.25, -0.2) is 0 Å². The molecule has 0 amide bonds. The first-order valence-electron chi connectivity index (χ1n) is 6.11. The maximum absolute atomic E-state index is 6.23. The van der Waals surface area contributed by atoms with Crippen molar-refractivity contribution in [3.63, 3.8) is 0 Å². The smallest absolute Gasteiger partial charge is 0.106 e. The number of benzene rings is 1. The summed E-state index contributed by atoms with van der Waals surface area (Å²) in [6, 6.07) is 3.83. The first kappa shape index (κ1) is 12.8. The van der Waals surface area contributed by atoms with Crippen molar-refractivity contribution < 1.29 is 0 Å². The first-order valence-corrected chi connectivity index (χ1v) is 7.28. The second-order valence-electron chi connectivity index (χ2n) is 4.65. The number of nitrogens with zero attached hydrogens (tertiary/aromatic N) is 1. The van der Waals surface area contributed by atoms with Crippen LogP contribution in [-0.4, -0.2) is 11.2 Å². The van der Waals surface area contributed by atoms with Gasteiger partial charge in [-0.1, -0.05) is 17.7 Å². The fourth-order valence-electron chi connectivity index (χ4n) is 2.09. The number of allylic oxidation sites excluding steroid dienone is 1. The van der Waals surface area contributed by atoms with Gasteiger partial charge in [0.1, 0.15) is 5.69 Å². The molecule has 1 aliphatic rings. The average Bonchev–Trinajstić information content (AvgIpc) is 3.17. The molecule has 3 rings (SSSR count). The standard InChI is InChI=1S/C14H13BrClN3/c15-11-7-19-13-10(11)3-4-12(16)14(13)18-6-9(5-17)8-1-2-8/h3-8,19H,1-2,17H2/b9-5+,18-6?. The van der Waals surface area contributed by atoms with E-state index in [1.54, 1.807) is 6.20 Å². The lowest BCUT2D eigenvalue weighted by atomic mass is 10.2. The Hall–Kier alpha value is -1.26. The Bertz CT molecular complexity index is 683. The Labute approximate surface area is 124 Å². The van der Waals surface area contributed by atoms with Crippen molar-refractivity contribution in [3.8, 4) is 0 Å². The summed E-state index contributed by atoms with van der Waals surface area (Å²) < 4.78 is 1.01. The molecule has 0 atom stereocenters. The Morgan fingerprint density at radius 1 is 1.47 bits per heavy atom. The molecule has 3 nitrogen and oxygen atoms in total. The zero-order valence-electron chi connectivity index (χ0n) is 10.2. The second kappa shape index (κ2) is 5.02. The molecule has 0 unspecified atom stereocenters. The van der Waals surface area contributed by atoms with Crippen LogP contribution in [0.3, 0.4) is 0 Å². The van der Waals surface area contributed by atoms with E-state index >= 15 is 0 Å². The van der Waals surface area contributed by atoms with Gasteiger partial charge in [0.05, 0.1) is 10.5 Å².